The maximum atomic E-state index is 14.1. The van der Waals surface area contributed by atoms with Gasteiger partial charge < -0.3 is 33.6 Å². The van der Waals surface area contributed by atoms with E-state index in [1.54, 1.807) is 61.0 Å². The maximum absolute atomic E-state index is 14.1. The average Bonchev–Trinajstić information content (AvgIpc) is 3.47. The number of benzene rings is 1. The van der Waals surface area contributed by atoms with Crippen molar-refractivity contribution in [2.45, 2.75) is 104 Å². The van der Waals surface area contributed by atoms with Crippen LogP contribution in [-0.2, 0) is 9.53 Å². The van der Waals surface area contributed by atoms with Crippen molar-refractivity contribution in [1.29, 1.82) is 0 Å². The van der Waals surface area contributed by atoms with Crippen LogP contribution >= 0.6 is 0 Å². The number of ether oxygens (including phenoxy) is 2. The molecule has 0 bridgehead atoms. The van der Waals surface area contributed by atoms with E-state index in [9.17, 15) is 19.2 Å². The first-order chi connectivity index (χ1) is 23.5. The maximum Gasteiger partial charge on any atom is 0.410 e. The molecule has 1 saturated heterocycles. The molecule has 4 amide bonds. The highest BCUT2D eigenvalue weighted by Gasteiger charge is 2.39. The van der Waals surface area contributed by atoms with Crippen molar-refractivity contribution in [1.82, 2.24) is 24.8 Å². The zero-order valence-electron chi connectivity index (χ0n) is 31.5. The van der Waals surface area contributed by atoms with Crippen molar-refractivity contribution in [2.75, 3.05) is 53.9 Å². The number of hydrogen-bond donors (Lipinski definition) is 0. The number of aromatic nitrogens is 1. The van der Waals surface area contributed by atoms with Crippen molar-refractivity contribution in [3.8, 4) is 5.75 Å². The number of hydrogen-bond acceptors (Lipinski definition) is 8. The van der Waals surface area contributed by atoms with Gasteiger partial charge in [-0.15, -0.1) is 0 Å². The van der Waals surface area contributed by atoms with Gasteiger partial charge in [0, 0.05) is 52.7 Å². The monoisotopic (exact) mass is 695 g/mol. The largest absolute Gasteiger partial charge is 0.492 e. The summed E-state index contributed by atoms with van der Waals surface area (Å²) in [7, 11) is 5.19. The summed E-state index contributed by atoms with van der Waals surface area (Å²) in [6.45, 7) is 13.8. The van der Waals surface area contributed by atoms with Crippen molar-refractivity contribution in [3.63, 3.8) is 0 Å². The van der Waals surface area contributed by atoms with Gasteiger partial charge in [-0.05, 0) is 84.3 Å². The minimum Gasteiger partial charge on any atom is -0.492 e. The van der Waals surface area contributed by atoms with E-state index in [1.165, 1.54) is 4.90 Å². The van der Waals surface area contributed by atoms with Gasteiger partial charge in [-0.1, -0.05) is 37.6 Å². The van der Waals surface area contributed by atoms with Crippen LogP contribution in [0, 0.1) is 12.3 Å². The Morgan fingerprint density at radius 1 is 1.06 bits per heavy atom. The normalized spacial score (nSPS) is 19.2. The molecule has 1 spiro atoms. The number of carbonyl (C=O) groups excluding carboxylic acids is 4. The van der Waals surface area contributed by atoms with Gasteiger partial charge >= 0.3 is 6.09 Å². The summed E-state index contributed by atoms with van der Waals surface area (Å²) < 4.78 is 17.4. The summed E-state index contributed by atoms with van der Waals surface area (Å²) in [5.74, 6) is 0.381. The smallest absolute Gasteiger partial charge is 0.410 e. The third-order valence-electron chi connectivity index (χ3n) is 9.99. The minimum absolute atomic E-state index is 0.0342. The highest BCUT2D eigenvalue weighted by molar-refractivity contribution is 5.99. The molecule has 0 saturated carbocycles. The van der Waals surface area contributed by atoms with E-state index in [0.717, 1.165) is 32.1 Å². The number of fused-ring (bicyclic) bond motifs is 1. The Morgan fingerprint density at radius 3 is 2.40 bits per heavy atom. The lowest BCUT2D eigenvalue weighted by Gasteiger charge is -2.42. The van der Waals surface area contributed by atoms with Crippen molar-refractivity contribution < 1.29 is 33.2 Å². The number of likely N-dealkylation sites (N-methyl/N-ethyl adjacent to an activating group) is 2. The molecule has 0 N–H and O–H groups in total. The second-order valence-corrected chi connectivity index (χ2v) is 15.4. The first-order valence-corrected chi connectivity index (χ1v) is 18.0. The molecule has 1 fully saturated rings. The Bertz CT molecular complexity index is 1500. The van der Waals surface area contributed by atoms with Gasteiger partial charge in [-0.3, -0.25) is 14.4 Å². The van der Waals surface area contributed by atoms with Gasteiger partial charge in [0.2, 0.25) is 5.91 Å². The summed E-state index contributed by atoms with van der Waals surface area (Å²) in [5, 5.41) is 4.09. The molecule has 0 unspecified atom stereocenters. The second kappa shape index (κ2) is 16.3. The number of aryl methyl sites for hydroxylation is 1. The zero-order valence-corrected chi connectivity index (χ0v) is 31.5. The number of nitrogens with zero attached hydrogens (tertiary/aromatic N) is 5. The third-order valence-corrected chi connectivity index (χ3v) is 9.99. The number of likely N-dealkylation sites (tertiary alicyclic amines) is 1. The number of carbonyl (C=O) groups is 4. The molecular weight excluding hydrogens is 638 g/mol. The highest BCUT2D eigenvalue weighted by Crippen LogP contribution is 2.38. The quantitative estimate of drug-likeness (QED) is 0.353. The van der Waals surface area contributed by atoms with Crippen LogP contribution in [0.3, 0.4) is 0 Å². The Balaban J connectivity index is 1.49. The van der Waals surface area contributed by atoms with E-state index in [-0.39, 0.29) is 35.1 Å². The van der Waals surface area contributed by atoms with Crippen LogP contribution in [0.25, 0.3) is 0 Å². The first-order valence-electron chi connectivity index (χ1n) is 18.0. The predicted octanol–water partition coefficient (Wildman–Crippen LogP) is 6.14. The number of piperidine rings is 1. The molecule has 4 rings (SSSR count). The molecule has 276 valence electrons. The third kappa shape index (κ3) is 9.37. The molecule has 1 atom stereocenters. The van der Waals surface area contributed by atoms with Crippen LogP contribution in [0.15, 0.2) is 28.8 Å². The molecule has 12 nitrogen and oxygen atoms in total. The summed E-state index contributed by atoms with van der Waals surface area (Å²) >= 11 is 0. The van der Waals surface area contributed by atoms with Crippen molar-refractivity contribution in [2.24, 2.45) is 5.41 Å². The van der Waals surface area contributed by atoms with E-state index in [4.69, 9.17) is 14.0 Å². The second-order valence-electron chi connectivity index (χ2n) is 15.4. The topological polar surface area (TPSA) is 126 Å². The predicted molar refractivity (Wildman–Crippen MR) is 190 cm³/mol. The molecule has 0 aliphatic carbocycles. The average molecular weight is 696 g/mol. The van der Waals surface area contributed by atoms with Crippen molar-refractivity contribution >= 4 is 23.8 Å². The molecule has 0 radical (unpaired) electrons. The molecule has 2 aromatic rings. The standard InChI is InChI=1S/C38H57N5O7/c1-26(2)32-31(27(3)50-39-32)35(46)41(8)22-14-16-29-34(45)40(7)21-13-12-18-38(19-23-43(24-20-38)36(47)49-37(4,5)6)25-48-30-17-11-10-15-28(30)33(44)42(29)9/h10-11,15,17,26,29H,12-14,16,18-25H2,1-9H3/t29-/m0/s1. The lowest BCUT2D eigenvalue weighted by Crippen LogP contribution is -2.49. The van der Waals surface area contributed by atoms with E-state index in [0.29, 0.717) is 74.0 Å². The SMILES string of the molecule is Cc1onc(C(C)C)c1C(=O)N(C)CCC[C@H]1C(=O)N(C)CCCCC2(CCN(C(=O)OC(C)(C)C)CC2)COc2ccccc2C(=O)N1C. The Labute approximate surface area is 297 Å². The number of para-hydroxylation sites is 1. The van der Waals surface area contributed by atoms with E-state index >= 15 is 0 Å². The van der Waals surface area contributed by atoms with Gasteiger partial charge in [0.25, 0.3) is 11.8 Å². The van der Waals surface area contributed by atoms with Crippen LogP contribution in [0.4, 0.5) is 4.79 Å². The lowest BCUT2D eigenvalue weighted by molar-refractivity contribution is -0.134. The fourth-order valence-corrected chi connectivity index (χ4v) is 6.84. The number of amides is 4. The molecule has 1 aromatic heterocycles. The summed E-state index contributed by atoms with van der Waals surface area (Å²) in [6.07, 6.45) is 4.66. The van der Waals surface area contributed by atoms with Crippen LogP contribution in [0.2, 0.25) is 0 Å². The fourth-order valence-electron chi connectivity index (χ4n) is 6.84. The first kappa shape index (κ1) is 38.7. The molecular formula is C38H57N5O7. The van der Waals surface area contributed by atoms with Crippen LogP contribution < -0.4 is 4.74 Å². The summed E-state index contributed by atoms with van der Waals surface area (Å²) in [6, 6.07) is 6.46. The fraction of sp³-hybridized carbons (Fsp3) is 0.658. The molecule has 2 aliphatic heterocycles. The Morgan fingerprint density at radius 2 is 1.74 bits per heavy atom. The van der Waals surface area contributed by atoms with Crippen LogP contribution in [0.5, 0.6) is 5.75 Å². The molecule has 3 heterocycles. The van der Waals surface area contributed by atoms with E-state index in [1.807, 2.05) is 40.7 Å². The van der Waals surface area contributed by atoms with Gasteiger partial charge in [0.05, 0.1) is 17.9 Å². The Kier molecular flexibility index (Phi) is 12.6. The summed E-state index contributed by atoms with van der Waals surface area (Å²) in [4.78, 5) is 60.9. The molecule has 50 heavy (non-hydrogen) atoms. The molecule has 12 heteroatoms. The van der Waals surface area contributed by atoms with Gasteiger partial charge in [0.1, 0.15) is 28.7 Å². The van der Waals surface area contributed by atoms with Gasteiger partial charge in [-0.2, -0.15) is 0 Å². The van der Waals surface area contributed by atoms with Crippen molar-refractivity contribution in [3.05, 3.63) is 46.8 Å². The summed E-state index contributed by atoms with van der Waals surface area (Å²) in [5.41, 5.74) is 0.767. The molecule has 2 aliphatic rings. The van der Waals surface area contributed by atoms with Gasteiger partial charge in [-0.25, -0.2) is 4.79 Å². The van der Waals surface area contributed by atoms with E-state index in [2.05, 4.69) is 5.16 Å². The highest BCUT2D eigenvalue weighted by atomic mass is 16.6. The molecule has 1 aromatic carbocycles. The number of rotatable bonds is 6. The lowest BCUT2D eigenvalue weighted by atomic mass is 9.75. The van der Waals surface area contributed by atoms with Crippen LogP contribution in [0.1, 0.15) is 118 Å². The minimum atomic E-state index is -0.723. The van der Waals surface area contributed by atoms with Gasteiger partial charge in [0.15, 0.2) is 0 Å². The van der Waals surface area contributed by atoms with E-state index < -0.39 is 11.6 Å². The Hall–Kier alpha value is -4.09. The zero-order chi connectivity index (χ0) is 36.8. The van der Waals surface area contributed by atoms with Crippen LogP contribution in [-0.4, -0.2) is 114 Å².